The summed E-state index contributed by atoms with van der Waals surface area (Å²) in [4.78, 5) is 10.4. The molecule has 0 radical (unpaired) electrons. The van der Waals surface area contributed by atoms with Gasteiger partial charge in [-0.25, -0.2) is 9.97 Å². The van der Waals surface area contributed by atoms with Crippen LogP contribution in [-0.4, -0.2) is 18.9 Å². The molecular weight excluding hydrogens is 617 g/mol. The lowest BCUT2D eigenvalue weighted by atomic mass is 10.00. The Bertz CT molecular complexity index is 3330. The van der Waals surface area contributed by atoms with Crippen LogP contribution < -0.4 is 0 Å². The van der Waals surface area contributed by atoms with Gasteiger partial charge in [0, 0.05) is 52.8 Å². The summed E-state index contributed by atoms with van der Waals surface area (Å²) in [5.74, 6) is 0. The van der Waals surface area contributed by atoms with Gasteiger partial charge in [0.05, 0.1) is 33.1 Å². The lowest BCUT2D eigenvalue weighted by Crippen LogP contribution is -1.93. The van der Waals surface area contributed by atoms with Crippen LogP contribution in [0, 0.1) is 0 Å². The van der Waals surface area contributed by atoms with Crippen molar-refractivity contribution in [3.05, 3.63) is 146 Å². The molecule has 4 nitrogen and oxygen atoms in total. The fourth-order valence-electron chi connectivity index (χ4n) is 8.30. The molecule has 0 fully saturated rings. The van der Waals surface area contributed by atoms with Gasteiger partial charge in [0.1, 0.15) is 5.52 Å². The lowest BCUT2D eigenvalue weighted by Gasteiger charge is -2.09. The Labute approximate surface area is 283 Å². The monoisotopic (exact) mass is 640 g/mol. The van der Waals surface area contributed by atoms with E-state index in [0.717, 1.165) is 33.1 Å². The van der Waals surface area contributed by atoms with Crippen molar-refractivity contribution in [2.45, 2.75) is 0 Å². The van der Waals surface area contributed by atoms with Crippen LogP contribution in [0.5, 0.6) is 0 Å². The molecule has 0 bridgehead atoms. The Hall–Kier alpha value is -6.30. The summed E-state index contributed by atoms with van der Waals surface area (Å²) < 4.78 is 7.37. The van der Waals surface area contributed by atoms with Crippen molar-refractivity contribution in [1.82, 2.24) is 18.9 Å². The molecule has 0 spiro atoms. The molecule has 0 aliphatic rings. The van der Waals surface area contributed by atoms with E-state index >= 15 is 0 Å². The fourth-order valence-corrected chi connectivity index (χ4v) is 9.54. The first-order valence-electron chi connectivity index (χ1n) is 16.6. The summed E-state index contributed by atoms with van der Waals surface area (Å²) in [6.45, 7) is 0. The van der Waals surface area contributed by atoms with Gasteiger partial charge in [-0.15, -0.1) is 11.3 Å². The van der Waals surface area contributed by atoms with Crippen LogP contribution in [0.4, 0.5) is 0 Å². The van der Waals surface area contributed by atoms with Crippen LogP contribution in [0.3, 0.4) is 0 Å². The Morgan fingerprint density at radius 3 is 2.08 bits per heavy atom. The van der Waals surface area contributed by atoms with Gasteiger partial charge in [-0.1, -0.05) is 84.9 Å². The number of hydrogen-bond acceptors (Lipinski definition) is 3. The van der Waals surface area contributed by atoms with Crippen LogP contribution in [0.2, 0.25) is 0 Å². The fraction of sp³-hybridized carbons (Fsp3) is 0. The summed E-state index contributed by atoms with van der Waals surface area (Å²) in [6, 6.07) is 52.6. The van der Waals surface area contributed by atoms with Crippen LogP contribution in [0.15, 0.2) is 146 Å². The molecular formula is C44H24N4S. The third kappa shape index (κ3) is 3.32. The van der Waals surface area contributed by atoms with E-state index in [1.165, 1.54) is 75.1 Å². The average molecular weight is 641 g/mol. The molecule has 5 heteroatoms. The number of thiophene rings is 1. The van der Waals surface area contributed by atoms with Crippen LogP contribution in [0.25, 0.3) is 108 Å². The van der Waals surface area contributed by atoms with Gasteiger partial charge in [-0.3, -0.25) is 4.40 Å². The maximum Gasteiger partial charge on any atom is 0.165 e. The van der Waals surface area contributed by atoms with E-state index in [0.29, 0.717) is 0 Å². The van der Waals surface area contributed by atoms with E-state index in [2.05, 4.69) is 142 Å². The highest BCUT2D eigenvalue weighted by molar-refractivity contribution is 7.26. The van der Waals surface area contributed by atoms with Crippen LogP contribution in [0.1, 0.15) is 0 Å². The first-order chi connectivity index (χ1) is 24.3. The number of rotatable bonds is 2. The minimum absolute atomic E-state index is 0.912. The highest BCUT2D eigenvalue weighted by Gasteiger charge is 2.24. The predicted octanol–water partition coefficient (Wildman–Crippen LogP) is 11.9. The van der Waals surface area contributed by atoms with Crippen molar-refractivity contribution in [3.63, 3.8) is 0 Å². The smallest absolute Gasteiger partial charge is 0.165 e. The normalized spacial score (nSPS) is 12.5. The second-order valence-corrected chi connectivity index (χ2v) is 14.0. The highest BCUT2D eigenvalue weighted by Crippen LogP contribution is 2.48. The SMILES string of the molecule is c1ccc(-n2c3ccccc3c3ccc(-c4ccc5c(c4)c4c6sc7ccccc7c6cc6c7nc8ccccc8nc7n5c64)cc32)cc1. The minimum atomic E-state index is 0.912. The molecule has 5 aromatic heterocycles. The van der Waals surface area contributed by atoms with E-state index in [-0.39, 0.29) is 0 Å². The molecule has 0 saturated carbocycles. The van der Waals surface area contributed by atoms with Crippen LogP contribution in [-0.2, 0) is 0 Å². The number of nitrogens with zero attached hydrogens (tertiary/aromatic N) is 4. The van der Waals surface area contributed by atoms with Gasteiger partial charge in [0.25, 0.3) is 0 Å². The van der Waals surface area contributed by atoms with E-state index in [9.17, 15) is 0 Å². The lowest BCUT2D eigenvalue weighted by molar-refractivity contribution is 1.18. The van der Waals surface area contributed by atoms with Crippen molar-refractivity contribution < 1.29 is 0 Å². The van der Waals surface area contributed by atoms with Gasteiger partial charge in [0.2, 0.25) is 0 Å². The largest absolute Gasteiger partial charge is 0.309 e. The molecule has 7 aromatic carbocycles. The number of para-hydroxylation sites is 4. The molecule has 49 heavy (non-hydrogen) atoms. The summed E-state index contributed by atoms with van der Waals surface area (Å²) >= 11 is 1.89. The second-order valence-electron chi connectivity index (χ2n) is 13.0. The molecule has 12 aromatic rings. The Kier molecular flexibility index (Phi) is 4.83. The molecule has 226 valence electrons. The van der Waals surface area contributed by atoms with Gasteiger partial charge in [0.15, 0.2) is 5.65 Å². The first-order valence-corrected chi connectivity index (χ1v) is 17.4. The van der Waals surface area contributed by atoms with Gasteiger partial charge >= 0.3 is 0 Å². The molecule has 0 aliphatic heterocycles. The van der Waals surface area contributed by atoms with Crippen molar-refractivity contribution in [2.75, 3.05) is 0 Å². The van der Waals surface area contributed by atoms with Crippen LogP contribution >= 0.6 is 11.3 Å². The Balaban J connectivity index is 1.20. The first kappa shape index (κ1) is 25.7. The molecule has 12 rings (SSSR count). The summed E-state index contributed by atoms with van der Waals surface area (Å²) in [6.07, 6.45) is 0. The van der Waals surface area contributed by atoms with Crippen molar-refractivity contribution in [3.8, 4) is 16.8 Å². The van der Waals surface area contributed by atoms with E-state index in [1.54, 1.807) is 0 Å². The third-order valence-corrected chi connectivity index (χ3v) is 11.6. The number of fused-ring (bicyclic) bond motifs is 14. The number of benzene rings is 7. The highest BCUT2D eigenvalue weighted by atomic mass is 32.1. The van der Waals surface area contributed by atoms with Gasteiger partial charge < -0.3 is 4.57 Å². The minimum Gasteiger partial charge on any atom is -0.309 e. The van der Waals surface area contributed by atoms with Crippen molar-refractivity contribution in [1.29, 1.82) is 0 Å². The Morgan fingerprint density at radius 2 is 1.18 bits per heavy atom. The van der Waals surface area contributed by atoms with Crippen molar-refractivity contribution in [2.24, 2.45) is 0 Å². The molecule has 0 amide bonds. The van der Waals surface area contributed by atoms with E-state index < -0.39 is 0 Å². The maximum absolute atomic E-state index is 5.23. The zero-order chi connectivity index (χ0) is 31.8. The molecule has 0 atom stereocenters. The maximum atomic E-state index is 5.23. The number of hydrogen-bond donors (Lipinski definition) is 0. The quantitative estimate of drug-likeness (QED) is 0.188. The molecule has 0 saturated heterocycles. The molecule has 0 aliphatic carbocycles. The van der Waals surface area contributed by atoms with E-state index in [4.69, 9.17) is 9.97 Å². The summed E-state index contributed by atoms with van der Waals surface area (Å²) in [7, 11) is 0. The average Bonchev–Trinajstić information content (AvgIpc) is 3.88. The molecule has 5 heterocycles. The predicted molar refractivity (Wildman–Crippen MR) is 207 cm³/mol. The molecule has 0 unspecified atom stereocenters. The topological polar surface area (TPSA) is 35.1 Å². The van der Waals surface area contributed by atoms with Gasteiger partial charge in [-0.05, 0) is 71.8 Å². The zero-order valence-corrected chi connectivity index (χ0v) is 26.9. The summed E-state index contributed by atoms with van der Waals surface area (Å²) in [5.41, 5.74) is 12.1. The molecule has 0 N–H and O–H groups in total. The van der Waals surface area contributed by atoms with Crippen molar-refractivity contribution >= 4 is 103 Å². The second kappa shape index (κ2) is 9.19. The zero-order valence-electron chi connectivity index (χ0n) is 26.1. The number of aromatic nitrogens is 4. The Morgan fingerprint density at radius 1 is 0.469 bits per heavy atom. The van der Waals surface area contributed by atoms with E-state index in [1.807, 2.05) is 23.5 Å². The van der Waals surface area contributed by atoms with Gasteiger partial charge in [-0.2, -0.15) is 0 Å². The standard InChI is InChI=1S/C44H24N4S/c1-2-10-27(11-3-1)47-36-16-8-4-12-28(36)29-20-18-26(23-38(29)47)25-19-21-37-32(22-25)40-42-33(24-31-30-13-5-9-17-39(30)49-43(31)40)41-44(48(37)42)46-35-15-7-6-14-34(35)45-41/h1-24H. The third-order valence-electron chi connectivity index (χ3n) is 10.4. The summed E-state index contributed by atoms with van der Waals surface area (Å²) in [5, 5.41) is 8.79.